The van der Waals surface area contributed by atoms with Crippen LogP contribution in [0.25, 0.3) is 0 Å². The van der Waals surface area contributed by atoms with Crippen LogP contribution in [0.4, 0.5) is 14.5 Å². The van der Waals surface area contributed by atoms with Crippen molar-refractivity contribution in [2.75, 3.05) is 11.4 Å². The van der Waals surface area contributed by atoms with Crippen molar-refractivity contribution in [2.24, 2.45) is 0 Å². The largest absolute Gasteiger partial charge is 0.312 e. The first kappa shape index (κ1) is 13.7. The van der Waals surface area contributed by atoms with Gasteiger partial charge < -0.3 is 4.90 Å². The Bertz CT molecular complexity index is 699. The fourth-order valence-corrected chi connectivity index (χ4v) is 2.80. The summed E-state index contributed by atoms with van der Waals surface area (Å²) in [6, 6.07) is 10.9. The molecule has 1 heterocycles. The maximum Gasteiger partial charge on any atom is 0.234 e. The van der Waals surface area contributed by atoms with Crippen molar-refractivity contribution in [3.8, 4) is 0 Å². The summed E-state index contributed by atoms with van der Waals surface area (Å²) in [5, 5.41) is 0. The van der Waals surface area contributed by atoms with Gasteiger partial charge in [0.05, 0.1) is 5.92 Å². The van der Waals surface area contributed by atoms with E-state index in [1.165, 1.54) is 0 Å². The first-order valence-electron chi connectivity index (χ1n) is 6.89. The number of benzene rings is 2. The molecule has 1 amide bonds. The van der Waals surface area contributed by atoms with E-state index >= 15 is 0 Å². The normalized spacial score (nSPS) is 18.3. The molecule has 3 rings (SSSR count). The van der Waals surface area contributed by atoms with Crippen LogP contribution in [0, 0.1) is 18.6 Å². The van der Waals surface area contributed by atoms with Crippen molar-refractivity contribution in [3.05, 3.63) is 65.2 Å². The maximum atomic E-state index is 13.9. The Balaban J connectivity index is 1.92. The van der Waals surface area contributed by atoms with Crippen LogP contribution < -0.4 is 4.90 Å². The second-order valence-corrected chi connectivity index (χ2v) is 5.34. The Labute approximate surface area is 122 Å². The second kappa shape index (κ2) is 5.28. The number of anilines is 1. The molecule has 0 N–H and O–H groups in total. The van der Waals surface area contributed by atoms with Gasteiger partial charge in [-0.25, -0.2) is 8.78 Å². The highest BCUT2D eigenvalue weighted by atomic mass is 19.1. The Morgan fingerprint density at radius 2 is 1.95 bits per heavy atom. The van der Waals surface area contributed by atoms with Gasteiger partial charge in [-0.1, -0.05) is 12.1 Å². The summed E-state index contributed by atoms with van der Waals surface area (Å²) in [5.74, 6) is -1.83. The molecular weight excluding hydrogens is 272 g/mol. The lowest BCUT2D eigenvalue weighted by Crippen LogP contribution is -2.26. The molecule has 0 spiro atoms. The number of carbonyl (C=O) groups excluding carboxylic acids is 1. The van der Waals surface area contributed by atoms with Gasteiger partial charge in [-0.15, -0.1) is 0 Å². The van der Waals surface area contributed by atoms with Gasteiger partial charge in [0.15, 0.2) is 0 Å². The highest BCUT2D eigenvalue weighted by molar-refractivity contribution is 6.00. The minimum absolute atomic E-state index is 0.148. The number of carbonyl (C=O) groups is 1. The minimum Gasteiger partial charge on any atom is -0.312 e. The molecule has 1 aliphatic rings. The first-order chi connectivity index (χ1) is 10.1. The molecule has 21 heavy (non-hydrogen) atoms. The molecule has 4 heteroatoms. The molecule has 1 aliphatic heterocycles. The number of nitrogens with zero attached hydrogens (tertiary/aromatic N) is 1. The summed E-state index contributed by atoms with van der Waals surface area (Å²) in [7, 11) is 0. The van der Waals surface area contributed by atoms with Gasteiger partial charge in [0, 0.05) is 17.8 Å². The summed E-state index contributed by atoms with van der Waals surface area (Å²) < 4.78 is 27.2. The molecule has 0 saturated carbocycles. The lowest BCUT2D eigenvalue weighted by Gasteiger charge is -2.17. The Kier molecular flexibility index (Phi) is 3.45. The van der Waals surface area contributed by atoms with Crippen molar-refractivity contribution < 1.29 is 13.6 Å². The van der Waals surface area contributed by atoms with Gasteiger partial charge in [0.2, 0.25) is 5.91 Å². The third kappa shape index (κ3) is 2.53. The topological polar surface area (TPSA) is 20.3 Å². The molecule has 1 unspecified atom stereocenters. The summed E-state index contributed by atoms with van der Waals surface area (Å²) in [6.45, 7) is 2.47. The third-order valence-corrected chi connectivity index (χ3v) is 3.85. The zero-order valence-electron chi connectivity index (χ0n) is 11.6. The Morgan fingerprint density at radius 1 is 1.14 bits per heavy atom. The number of amides is 1. The van der Waals surface area contributed by atoms with E-state index in [-0.39, 0.29) is 11.5 Å². The van der Waals surface area contributed by atoms with Crippen LogP contribution in [-0.4, -0.2) is 12.5 Å². The van der Waals surface area contributed by atoms with Crippen LogP contribution in [0.15, 0.2) is 42.5 Å². The van der Waals surface area contributed by atoms with E-state index < -0.39 is 17.6 Å². The van der Waals surface area contributed by atoms with Crippen molar-refractivity contribution in [2.45, 2.75) is 19.3 Å². The zero-order chi connectivity index (χ0) is 15.0. The average Bonchev–Trinajstić information content (AvgIpc) is 2.83. The highest BCUT2D eigenvalue weighted by Gasteiger charge is 2.35. The molecule has 1 fully saturated rings. The maximum absolute atomic E-state index is 13.9. The van der Waals surface area contributed by atoms with Crippen LogP contribution in [0.3, 0.4) is 0 Å². The number of hydrogen-bond acceptors (Lipinski definition) is 1. The van der Waals surface area contributed by atoms with Crippen LogP contribution in [-0.2, 0) is 4.79 Å². The molecular formula is C17H15F2NO. The fourth-order valence-electron chi connectivity index (χ4n) is 2.80. The number of aryl methyl sites for hydroxylation is 1. The smallest absolute Gasteiger partial charge is 0.234 e. The first-order valence-corrected chi connectivity index (χ1v) is 6.89. The van der Waals surface area contributed by atoms with Gasteiger partial charge in [-0.05, 0) is 49.2 Å². The fraction of sp³-hybridized carbons (Fsp3) is 0.235. The summed E-state index contributed by atoms with van der Waals surface area (Å²) in [5.41, 5.74) is 2.01. The zero-order valence-corrected chi connectivity index (χ0v) is 11.6. The number of hydrogen-bond donors (Lipinski definition) is 0. The molecule has 1 saturated heterocycles. The van der Waals surface area contributed by atoms with E-state index in [0.29, 0.717) is 13.0 Å². The standard InChI is InChI=1S/C17H15F2NO/c1-11-3-2-4-13(9-11)20-8-7-14(17(20)21)15-10-12(18)5-6-16(15)19/h2-6,9-10,14H,7-8H2,1H3. The summed E-state index contributed by atoms with van der Waals surface area (Å²) >= 11 is 0. The predicted molar refractivity (Wildman–Crippen MR) is 77.2 cm³/mol. The second-order valence-electron chi connectivity index (χ2n) is 5.34. The molecule has 2 aromatic rings. The minimum atomic E-state index is -0.610. The van der Waals surface area contributed by atoms with Gasteiger partial charge in [0.1, 0.15) is 11.6 Å². The molecule has 0 bridgehead atoms. The lowest BCUT2D eigenvalue weighted by molar-refractivity contribution is -0.118. The monoisotopic (exact) mass is 287 g/mol. The molecule has 1 atom stereocenters. The molecule has 0 aliphatic carbocycles. The summed E-state index contributed by atoms with van der Waals surface area (Å²) in [6.07, 6.45) is 0.493. The highest BCUT2D eigenvalue weighted by Crippen LogP contribution is 2.33. The SMILES string of the molecule is Cc1cccc(N2CCC(c3cc(F)ccc3F)C2=O)c1. The molecule has 0 radical (unpaired) electrons. The average molecular weight is 287 g/mol. The van der Waals surface area contributed by atoms with Gasteiger partial charge >= 0.3 is 0 Å². The van der Waals surface area contributed by atoms with Crippen LogP contribution >= 0.6 is 0 Å². The quantitative estimate of drug-likeness (QED) is 0.823. The lowest BCUT2D eigenvalue weighted by atomic mass is 9.97. The Morgan fingerprint density at radius 3 is 2.71 bits per heavy atom. The number of rotatable bonds is 2. The van der Waals surface area contributed by atoms with Crippen LogP contribution in [0.2, 0.25) is 0 Å². The molecule has 108 valence electrons. The van der Waals surface area contributed by atoms with E-state index in [2.05, 4.69) is 0 Å². The van der Waals surface area contributed by atoms with Crippen molar-refractivity contribution in [3.63, 3.8) is 0 Å². The van der Waals surface area contributed by atoms with Crippen molar-refractivity contribution >= 4 is 11.6 Å². The summed E-state index contributed by atoms with van der Waals surface area (Å²) in [4.78, 5) is 14.2. The van der Waals surface area contributed by atoms with Gasteiger partial charge in [-0.2, -0.15) is 0 Å². The van der Waals surface area contributed by atoms with E-state index in [1.807, 2.05) is 31.2 Å². The van der Waals surface area contributed by atoms with Crippen molar-refractivity contribution in [1.82, 2.24) is 0 Å². The van der Waals surface area contributed by atoms with Crippen molar-refractivity contribution in [1.29, 1.82) is 0 Å². The van der Waals surface area contributed by atoms with Crippen LogP contribution in [0.1, 0.15) is 23.5 Å². The third-order valence-electron chi connectivity index (χ3n) is 3.85. The van der Waals surface area contributed by atoms with E-state index in [4.69, 9.17) is 0 Å². The van der Waals surface area contributed by atoms with E-state index in [9.17, 15) is 13.6 Å². The van der Waals surface area contributed by atoms with E-state index in [1.54, 1.807) is 4.90 Å². The molecule has 2 aromatic carbocycles. The number of halogens is 2. The molecule has 2 nitrogen and oxygen atoms in total. The molecule has 0 aromatic heterocycles. The van der Waals surface area contributed by atoms with Gasteiger partial charge in [0.25, 0.3) is 0 Å². The van der Waals surface area contributed by atoms with Crippen LogP contribution in [0.5, 0.6) is 0 Å². The van der Waals surface area contributed by atoms with E-state index in [0.717, 1.165) is 29.4 Å². The Hall–Kier alpha value is -2.23. The van der Waals surface area contributed by atoms with Gasteiger partial charge in [-0.3, -0.25) is 4.79 Å². The predicted octanol–water partition coefficient (Wildman–Crippen LogP) is 3.79.